The number of hydrogen-bond acceptors (Lipinski definition) is 10. The van der Waals surface area contributed by atoms with Gasteiger partial charge in [-0.05, 0) is 132 Å². The van der Waals surface area contributed by atoms with Gasteiger partial charge in [0.15, 0.2) is 0 Å². The molecule has 6 aromatic carbocycles. The van der Waals surface area contributed by atoms with E-state index in [1.165, 1.54) is 20.3 Å². The van der Waals surface area contributed by atoms with Crippen LogP contribution in [0.2, 0.25) is 0 Å². The van der Waals surface area contributed by atoms with E-state index in [0.717, 1.165) is 63.2 Å². The molecule has 18 heteroatoms. The number of carboxylic acid groups (broad SMARTS) is 2. The van der Waals surface area contributed by atoms with Gasteiger partial charge in [0.25, 0.3) is 11.8 Å². The number of carboxylic acids is 2. The maximum absolute atomic E-state index is 16.1. The van der Waals surface area contributed by atoms with Gasteiger partial charge in [-0.2, -0.15) is 0 Å². The molecule has 1 unspecified atom stereocenters. The fourth-order valence-corrected chi connectivity index (χ4v) is 10.9. The van der Waals surface area contributed by atoms with Crippen molar-refractivity contribution in [1.29, 1.82) is 0 Å². The average molecular weight is 1080 g/mol. The minimum Gasteiger partial charge on any atom is -0.496 e. The lowest BCUT2D eigenvalue weighted by Gasteiger charge is -2.22. The summed E-state index contributed by atoms with van der Waals surface area (Å²) in [5, 5.41) is 25.0. The lowest BCUT2D eigenvalue weighted by atomic mass is 9.89. The first-order valence-corrected chi connectivity index (χ1v) is 25.5. The number of carbonyl (C=O) groups excluding carboxylic acids is 2. The van der Waals surface area contributed by atoms with Crippen LogP contribution in [0.3, 0.4) is 0 Å². The minimum absolute atomic E-state index is 0.0136. The summed E-state index contributed by atoms with van der Waals surface area (Å²) in [6, 6.07) is 20.4. The van der Waals surface area contributed by atoms with Gasteiger partial charge in [0, 0.05) is 42.4 Å². The highest BCUT2D eigenvalue weighted by molar-refractivity contribution is 5.98. The Morgan fingerprint density at radius 1 is 0.564 bits per heavy atom. The summed E-state index contributed by atoms with van der Waals surface area (Å²) in [5.74, 6) is -7.92. The van der Waals surface area contributed by atoms with Crippen LogP contribution in [0.1, 0.15) is 114 Å². The molecule has 4 atom stereocenters. The summed E-state index contributed by atoms with van der Waals surface area (Å²) in [6.07, 6.45) is 2.02. The van der Waals surface area contributed by atoms with E-state index in [1.807, 2.05) is 37.3 Å². The number of carbonyl (C=O) groups is 4. The van der Waals surface area contributed by atoms with E-state index in [-0.39, 0.29) is 49.9 Å². The molecule has 0 aliphatic heterocycles. The van der Waals surface area contributed by atoms with Crippen LogP contribution >= 0.6 is 0 Å². The van der Waals surface area contributed by atoms with Crippen molar-refractivity contribution < 1.29 is 75.4 Å². The maximum atomic E-state index is 16.1. The minimum atomic E-state index is -1.53. The van der Waals surface area contributed by atoms with E-state index < -0.39 is 70.2 Å². The molecule has 0 saturated heterocycles. The molecular weight excluding hydrogens is 1020 g/mol. The van der Waals surface area contributed by atoms with Gasteiger partial charge in [0.05, 0.1) is 48.3 Å². The predicted molar refractivity (Wildman–Crippen MR) is 279 cm³/mol. The van der Waals surface area contributed by atoms with Gasteiger partial charge in [0.2, 0.25) is 0 Å². The van der Waals surface area contributed by atoms with Crippen molar-refractivity contribution in [2.75, 3.05) is 41.7 Å². The average Bonchev–Trinajstić information content (AvgIpc) is 4.10. The zero-order valence-electron chi connectivity index (χ0n) is 43.7. The number of hydrogen-bond donors (Lipinski definition) is 4. The number of rotatable bonds is 24. The molecule has 0 aromatic heterocycles. The van der Waals surface area contributed by atoms with Crippen molar-refractivity contribution in [3.8, 4) is 23.0 Å². The van der Waals surface area contributed by atoms with Crippen molar-refractivity contribution in [2.24, 2.45) is 0 Å². The van der Waals surface area contributed by atoms with E-state index >= 15 is 8.78 Å². The number of amides is 2. The normalized spacial score (nSPS) is 15.2. The third kappa shape index (κ3) is 11.9. The summed E-state index contributed by atoms with van der Waals surface area (Å²) in [6.45, 7) is 2.78. The van der Waals surface area contributed by atoms with Gasteiger partial charge in [-0.3, -0.25) is 9.59 Å². The first-order chi connectivity index (χ1) is 37.6. The van der Waals surface area contributed by atoms with Crippen molar-refractivity contribution >= 4 is 23.8 Å². The Morgan fingerprint density at radius 2 is 0.987 bits per heavy atom. The molecule has 2 amide bonds. The Labute approximate surface area is 448 Å². The molecule has 0 spiro atoms. The van der Waals surface area contributed by atoms with Gasteiger partial charge in [-0.1, -0.05) is 48.5 Å². The molecule has 4 N–H and O–H groups in total. The number of methoxy groups -OCH3 is 4. The summed E-state index contributed by atoms with van der Waals surface area (Å²) < 4.78 is 95.2. The summed E-state index contributed by atoms with van der Waals surface area (Å²) in [5.41, 5.74) is 6.17. The quantitative estimate of drug-likeness (QED) is 0.0333. The molecule has 0 heterocycles. The summed E-state index contributed by atoms with van der Waals surface area (Å²) in [7, 11) is 6.18. The van der Waals surface area contributed by atoms with Crippen molar-refractivity contribution in [3.05, 3.63) is 187 Å². The summed E-state index contributed by atoms with van der Waals surface area (Å²) in [4.78, 5) is 51.6. The molecule has 6 aromatic rings. The number of benzene rings is 6. The van der Waals surface area contributed by atoms with Gasteiger partial charge < -0.3 is 49.3 Å². The monoisotopic (exact) mass is 1080 g/mol. The molecule has 14 nitrogen and oxygen atoms in total. The van der Waals surface area contributed by atoms with Crippen LogP contribution in [0.15, 0.2) is 91.0 Å². The van der Waals surface area contributed by atoms with Gasteiger partial charge in [0.1, 0.15) is 69.5 Å². The zero-order chi connectivity index (χ0) is 55.8. The first kappa shape index (κ1) is 56.2. The predicted octanol–water partition coefficient (Wildman–Crippen LogP) is 9.58. The lowest BCUT2D eigenvalue weighted by Crippen LogP contribution is -2.43. The molecule has 8 rings (SSSR count). The highest BCUT2D eigenvalue weighted by atomic mass is 19.1. The molecule has 0 bridgehead atoms. The van der Waals surface area contributed by atoms with Crippen LogP contribution in [0, 0.1) is 23.3 Å². The largest absolute Gasteiger partial charge is 0.496 e. The number of fused-ring (bicyclic) bond motifs is 2. The van der Waals surface area contributed by atoms with Crippen LogP contribution in [0.4, 0.5) is 17.6 Å². The van der Waals surface area contributed by atoms with E-state index in [4.69, 9.17) is 28.4 Å². The van der Waals surface area contributed by atoms with Crippen LogP contribution in [0.25, 0.3) is 0 Å². The summed E-state index contributed by atoms with van der Waals surface area (Å²) >= 11 is 0. The second kappa shape index (κ2) is 25.0. The third-order valence-electron chi connectivity index (χ3n) is 14.5. The molecule has 2 aliphatic rings. The highest BCUT2D eigenvalue weighted by Gasteiger charge is 2.35. The molecular formula is C60H60F4N2O12. The molecule has 0 radical (unpaired) electrons. The second-order valence-corrected chi connectivity index (χ2v) is 19.0. The smallest absolute Gasteiger partial charge is 0.326 e. The van der Waals surface area contributed by atoms with E-state index in [0.29, 0.717) is 78.6 Å². The number of halogens is 4. The molecule has 0 fully saturated rings. The van der Waals surface area contributed by atoms with Crippen LogP contribution in [-0.4, -0.2) is 87.7 Å². The topological polar surface area (TPSA) is 188 Å². The number of ether oxygens (including phenoxy) is 6. The first-order valence-electron chi connectivity index (χ1n) is 25.5. The van der Waals surface area contributed by atoms with Crippen LogP contribution < -0.4 is 29.6 Å². The van der Waals surface area contributed by atoms with Gasteiger partial charge in [-0.25, -0.2) is 27.2 Å². The second-order valence-electron chi connectivity index (χ2n) is 19.0. The van der Waals surface area contributed by atoms with Crippen molar-refractivity contribution in [3.63, 3.8) is 0 Å². The zero-order valence-corrected chi connectivity index (χ0v) is 43.7. The fourth-order valence-electron chi connectivity index (χ4n) is 10.9. The van der Waals surface area contributed by atoms with Crippen molar-refractivity contribution in [1.82, 2.24) is 10.6 Å². The standard InChI is InChI=1S/C60H60F4N2O12/c1-6-77-30-32-24-48(73-2)52(49(25-32)74-3)41-19-18-38-36(11-8-13-40(38)41)29-47(60(71)72)66-58(68)55-45(63)21-16-34(56(55)64)22-23-78-31-33-26-50(75-4)53(51(27-33)76-5)42-20-17-37-35(10-7-12-39(37)42)28-46(59(69)70)65-57(67)54-43(61)14-9-15-44(54)62/h7-16,21,24-27,41-42,46-47H,6,17-20,22-23,28-31H2,1-5H3,(H,65,67)(H,66,68)(H,69,70)(H,71,72)/t41-,42+,46-,47?/m0/s1. The number of nitrogens with one attached hydrogen (secondary N) is 2. The maximum Gasteiger partial charge on any atom is 0.326 e. The molecule has 2 aliphatic carbocycles. The van der Waals surface area contributed by atoms with Gasteiger partial charge >= 0.3 is 11.9 Å². The Morgan fingerprint density at radius 3 is 1.42 bits per heavy atom. The SMILES string of the molecule is CCOCc1cc(OC)c([C@H]2CCc3c(CC(NC(=O)c4c(F)ccc(CCOCc5cc(OC)c([C@@H]6CCc7c(C[C@H](NC(=O)c8c(F)cccc8F)C(=O)O)cccc76)c(OC)c5)c4F)C(=O)O)cccc32)c(OC)c1. The highest BCUT2D eigenvalue weighted by Crippen LogP contribution is 2.49. The Balaban J connectivity index is 0.919. The lowest BCUT2D eigenvalue weighted by molar-refractivity contribution is -0.140. The third-order valence-corrected chi connectivity index (χ3v) is 14.5. The molecule has 0 saturated carbocycles. The molecule has 410 valence electrons. The van der Waals surface area contributed by atoms with E-state index in [2.05, 4.69) is 10.6 Å². The molecule has 78 heavy (non-hydrogen) atoms. The number of aliphatic carboxylic acids is 2. The van der Waals surface area contributed by atoms with Crippen LogP contribution in [-0.2, 0) is 64.4 Å². The van der Waals surface area contributed by atoms with Gasteiger partial charge in [-0.15, -0.1) is 0 Å². The Bertz CT molecular complexity index is 3170. The van der Waals surface area contributed by atoms with E-state index in [9.17, 15) is 38.2 Å². The fraction of sp³-hybridized carbons (Fsp3) is 0.333. The van der Waals surface area contributed by atoms with Crippen LogP contribution in [0.5, 0.6) is 23.0 Å². The Hall–Kier alpha value is -7.96. The van der Waals surface area contributed by atoms with Crippen molar-refractivity contribution in [2.45, 2.75) is 89.0 Å². The Kier molecular flexibility index (Phi) is 18.0. The van der Waals surface area contributed by atoms with E-state index in [1.54, 1.807) is 44.6 Å².